The number of pyridine rings is 1. The van der Waals surface area contributed by atoms with Gasteiger partial charge in [0.25, 0.3) is 5.91 Å². The predicted molar refractivity (Wildman–Crippen MR) is 133 cm³/mol. The molecule has 34 heavy (non-hydrogen) atoms. The number of carbonyl (C=O) groups excluding carboxylic acids is 1. The molecular formula is C25H25Cl2FN4O2. The van der Waals surface area contributed by atoms with Crippen LogP contribution < -0.4 is 10.5 Å². The minimum Gasteiger partial charge on any atom is -0.492 e. The molecule has 2 N–H and O–H groups in total. The number of nitrogens with two attached hydrogens (primary N) is 1. The zero-order valence-electron chi connectivity index (χ0n) is 18.7. The van der Waals surface area contributed by atoms with Crippen LogP contribution in [0.25, 0.3) is 11.1 Å². The Balaban J connectivity index is 1.54. The molecule has 178 valence electrons. The molecule has 2 aromatic carbocycles. The number of nitrogen functional groups attached to an aromatic ring is 1. The first-order valence-corrected chi connectivity index (χ1v) is 11.7. The summed E-state index contributed by atoms with van der Waals surface area (Å²) in [4.78, 5) is 21.3. The molecule has 0 radical (unpaired) electrons. The highest BCUT2D eigenvalue weighted by Crippen LogP contribution is 2.33. The van der Waals surface area contributed by atoms with Gasteiger partial charge in [0.05, 0.1) is 11.6 Å². The minimum atomic E-state index is -0.531. The van der Waals surface area contributed by atoms with Gasteiger partial charge < -0.3 is 20.3 Å². The average Bonchev–Trinajstić information content (AvgIpc) is 2.84. The normalized spacial score (nSPS) is 14.3. The number of amides is 1. The summed E-state index contributed by atoms with van der Waals surface area (Å²) in [7, 11) is 2.05. The number of nitrogens with zero attached hydrogens (tertiary/aromatic N) is 3. The summed E-state index contributed by atoms with van der Waals surface area (Å²) in [6.45, 7) is 3.29. The Kier molecular flexibility index (Phi) is 7.56. The number of halogens is 3. The van der Waals surface area contributed by atoms with Crippen LogP contribution in [-0.2, 0) is 6.42 Å². The predicted octanol–water partition coefficient (Wildman–Crippen LogP) is 4.79. The fourth-order valence-electron chi connectivity index (χ4n) is 3.86. The third-order valence-electron chi connectivity index (χ3n) is 5.85. The summed E-state index contributed by atoms with van der Waals surface area (Å²) in [5.41, 5.74) is 8.45. The van der Waals surface area contributed by atoms with E-state index in [1.54, 1.807) is 12.3 Å². The van der Waals surface area contributed by atoms with Gasteiger partial charge in [-0.15, -0.1) is 0 Å². The lowest BCUT2D eigenvalue weighted by molar-refractivity contribution is 0.0664. The second kappa shape index (κ2) is 10.6. The highest BCUT2D eigenvalue weighted by atomic mass is 35.5. The molecule has 0 bridgehead atoms. The molecule has 1 aliphatic heterocycles. The molecule has 1 aromatic heterocycles. The van der Waals surface area contributed by atoms with Crippen LogP contribution in [0.4, 0.5) is 10.2 Å². The number of hydrogen-bond donors (Lipinski definition) is 1. The Bertz CT molecular complexity index is 1200. The molecule has 3 aromatic rings. The van der Waals surface area contributed by atoms with E-state index in [4.69, 9.17) is 33.7 Å². The van der Waals surface area contributed by atoms with Crippen molar-refractivity contribution < 1.29 is 13.9 Å². The lowest BCUT2D eigenvalue weighted by atomic mass is 10.0. The van der Waals surface area contributed by atoms with Crippen LogP contribution in [0.2, 0.25) is 10.0 Å². The number of ether oxygens (including phenoxy) is 1. The second-order valence-corrected chi connectivity index (χ2v) is 8.99. The van der Waals surface area contributed by atoms with E-state index >= 15 is 0 Å². The van der Waals surface area contributed by atoms with Gasteiger partial charge in [-0.3, -0.25) is 4.79 Å². The summed E-state index contributed by atoms with van der Waals surface area (Å²) in [5, 5.41) is 0.361. The average molecular weight is 503 g/mol. The molecule has 6 nitrogen and oxygen atoms in total. The summed E-state index contributed by atoms with van der Waals surface area (Å²) in [5.74, 6) is 0.263. The largest absolute Gasteiger partial charge is 0.492 e. The van der Waals surface area contributed by atoms with Gasteiger partial charge in [0.2, 0.25) is 0 Å². The Morgan fingerprint density at radius 3 is 2.68 bits per heavy atom. The van der Waals surface area contributed by atoms with Crippen molar-refractivity contribution in [1.82, 2.24) is 14.8 Å². The summed E-state index contributed by atoms with van der Waals surface area (Å²) >= 11 is 12.2. The maximum Gasteiger partial charge on any atom is 0.253 e. The third-order valence-corrected chi connectivity index (χ3v) is 6.61. The zero-order valence-corrected chi connectivity index (χ0v) is 20.2. The van der Waals surface area contributed by atoms with E-state index in [2.05, 4.69) is 9.88 Å². The molecule has 2 heterocycles. The van der Waals surface area contributed by atoms with Crippen LogP contribution in [0, 0.1) is 5.82 Å². The van der Waals surface area contributed by atoms with Crippen LogP contribution in [-0.4, -0.2) is 60.5 Å². The van der Waals surface area contributed by atoms with Crippen LogP contribution in [0.1, 0.15) is 15.9 Å². The van der Waals surface area contributed by atoms with Gasteiger partial charge in [-0.2, -0.15) is 0 Å². The van der Waals surface area contributed by atoms with Gasteiger partial charge in [-0.25, -0.2) is 9.37 Å². The molecule has 9 heteroatoms. The standard InChI is InChI=1S/C25H25Cl2FN4O2/c1-31-8-10-32(11-9-31)25(33)17-4-2-3-16(13-17)19-15-30-23(29)14-22(19)34-12-7-18-20(26)5-6-21(28)24(18)27/h2-6,13-15H,7-12H2,1H3,(H2,29,30). The quantitative estimate of drug-likeness (QED) is 0.490. The van der Waals surface area contributed by atoms with Gasteiger partial charge in [0.1, 0.15) is 17.4 Å². The monoisotopic (exact) mass is 502 g/mol. The van der Waals surface area contributed by atoms with Crippen molar-refractivity contribution in [3.63, 3.8) is 0 Å². The Morgan fingerprint density at radius 1 is 1.15 bits per heavy atom. The lowest BCUT2D eigenvalue weighted by Crippen LogP contribution is -2.47. The molecular weight excluding hydrogens is 478 g/mol. The molecule has 4 rings (SSSR count). The fourth-order valence-corrected chi connectivity index (χ4v) is 4.42. The van der Waals surface area contributed by atoms with Crippen molar-refractivity contribution in [3.05, 3.63) is 75.7 Å². The van der Waals surface area contributed by atoms with Gasteiger partial charge in [-0.1, -0.05) is 35.3 Å². The van der Waals surface area contributed by atoms with Gasteiger partial charge >= 0.3 is 0 Å². The minimum absolute atomic E-state index is 0.00351. The van der Waals surface area contributed by atoms with Crippen molar-refractivity contribution in [2.45, 2.75) is 6.42 Å². The maximum atomic E-state index is 13.8. The van der Waals surface area contributed by atoms with E-state index in [-0.39, 0.29) is 17.5 Å². The van der Waals surface area contributed by atoms with Gasteiger partial charge in [0.15, 0.2) is 0 Å². The van der Waals surface area contributed by atoms with Crippen LogP contribution in [0.15, 0.2) is 48.7 Å². The lowest BCUT2D eigenvalue weighted by Gasteiger charge is -2.32. The van der Waals surface area contributed by atoms with Gasteiger partial charge in [-0.05, 0) is 42.4 Å². The maximum absolute atomic E-state index is 13.8. The number of rotatable bonds is 6. The van der Waals surface area contributed by atoms with E-state index in [0.717, 1.165) is 18.7 Å². The molecule has 1 saturated heterocycles. The molecule has 0 unspecified atom stereocenters. The van der Waals surface area contributed by atoms with Crippen LogP contribution >= 0.6 is 23.2 Å². The number of carbonyl (C=O) groups is 1. The van der Waals surface area contributed by atoms with E-state index in [1.807, 2.05) is 36.2 Å². The number of hydrogen-bond acceptors (Lipinski definition) is 5. The van der Waals surface area contributed by atoms with Crippen molar-refractivity contribution in [2.75, 3.05) is 45.6 Å². The van der Waals surface area contributed by atoms with E-state index in [1.165, 1.54) is 12.1 Å². The topological polar surface area (TPSA) is 71.7 Å². The first kappa shape index (κ1) is 24.3. The highest BCUT2D eigenvalue weighted by molar-refractivity contribution is 6.36. The van der Waals surface area contributed by atoms with E-state index < -0.39 is 5.82 Å². The summed E-state index contributed by atoms with van der Waals surface area (Å²) in [6, 6.07) is 11.7. The van der Waals surface area contributed by atoms with Gasteiger partial charge in [0, 0.05) is 61.0 Å². The summed E-state index contributed by atoms with van der Waals surface area (Å²) < 4.78 is 19.8. The number of aromatic nitrogens is 1. The molecule has 1 amide bonds. The number of benzene rings is 2. The fraction of sp³-hybridized carbons (Fsp3) is 0.280. The molecule has 0 saturated carbocycles. The number of piperazine rings is 1. The molecule has 0 spiro atoms. The number of likely N-dealkylation sites (N-methyl/N-ethyl adjacent to an activating group) is 1. The highest BCUT2D eigenvalue weighted by Gasteiger charge is 2.21. The first-order valence-electron chi connectivity index (χ1n) is 10.9. The summed E-state index contributed by atoms with van der Waals surface area (Å²) in [6.07, 6.45) is 1.92. The van der Waals surface area contributed by atoms with Crippen molar-refractivity contribution in [2.24, 2.45) is 0 Å². The third kappa shape index (κ3) is 5.43. The second-order valence-electron chi connectivity index (χ2n) is 8.20. The SMILES string of the molecule is CN1CCN(C(=O)c2cccc(-c3cnc(N)cc3OCCc3c(Cl)ccc(F)c3Cl)c2)CC1. The Morgan fingerprint density at radius 2 is 1.91 bits per heavy atom. The Labute approximate surface area is 208 Å². The molecule has 0 atom stereocenters. The Hall–Kier alpha value is -2.87. The van der Waals surface area contributed by atoms with Crippen molar-refractivity contribution >= 4 is 34.9 Å². The molecule has 1 fully saturated rings. The number of anilines is 1. The molecule has 1 aliphatic rings. The van der Waals surface area contributed by atoms with Crippen LogP contribution in [0.5, 0.6) is 5.75 Å². The molecule has 0 aliphatic carbocycles. The first-order chi connectivity index (χ1) is 16.3. The van der Waals surface area contributed by atoms with Crippen LogP contribution in [0.3, 0.4) is 0 Å². The van der Waals surface area contributed by atoms with Crippen molar-refractivity contribution in [1.29, 1.82) is 0 Å². The smallest absolute Gasteiger partial charge is 0.253 e. The zero-order chi connectivity index (χ0) is 24.2. The van der Waals surface area contributed by atoms with Crippen molar-refractivity contribution in [3.8, 4) is 16.9 Å². The van der Waals surface area contributed by atoms with E-state index in [0.29, 0.717) is 52.8 Å². The van der Waals surface area contributed by atoms with E-state index in [9.17, 15) is 9.18 Å².